The smallest absolute Gasteiger partial charge is 0.164 e. The Balaban J connectivity index is 2.08. The van der Waals surface area contributed by atoms with E-state index in [0.29, 0.717) is 12.2 Å². The molecule has 78 valence electrons. The van der Waals surface area contributed by atoms with Gasteiger partial charge in [0.15, 0.2) is 5.82 Å². The maximum atomic E-state index is 13.4. The molecule has 0 radical (unpaired) electrons. The average Bonchev–Trinajstić information content (AvgIpc) is 2.73. The van der Waals surface area contributed by atoms with E-state index < -0.39 is 5.82 Å². The van der Waals surface area contributed by atoms with E-state index in [9.17, 15) is 4.39 Å². The minimum atomic E-state index is -0.439. The van der Waals surface area contributed by atoms with E-state index in [0.717, 1.165) is 5.82 Å². The second-order valence-corrected chi connectivity index (χ2v) is 3.40. The van der Waals surface area contributed by atoms with Crippen molar-refractivity contribution in [3.63, 3.8) is 0 Å². The molecule has 0 spiro atoms. The van der Waals surface area contributed by atoms with Gasteiger partial charge in [0.05, 0.1) is 17.3 Å². The first-order valence-electron chi connectivity index (χ1n) is 4.43. The molecule has 1 aromatic heterocycles. The Bertz CT molecular complexity index is 442. The van der Waals surface area contributed by atoms with E-state index in [2.05, 4.69) is 15.3 Å². The largest absolute Gasteiger partial charge is 0.375 e. The van der Waals surface area contributed by atoms with Crippen LogP contribution in [-0.2, 0) is 6.54 Å². The van der Waals surface area contributed by atoms with Crippen molar-refractivity contribution in [1.82, 2.24) is 9.97 Å². The average molecular weight is 226 g/mol. The fourth-order valence-corrected chi connectivity index (χ4v) is 1.39. The second-order valence-electron chi connectivity index (χ2n) is 2.99. The molecule has 15 heavy (non-hydrogen) atoms. The van der Waals surface area contributed by atoms with E-state index in [1.54, 1.807) is 24.5 Å². The van der Waals surface area contributed by atoms with Gasteiger partial charge in [-0.3, -0.25) is 0 Å². The van der Waals surface area contributed by atoms with Crippen molar-refractivity contribution < 1.29 is 4.39 Å². The zero-order valence-corrected chi connectivity index (χ0v) is 8.55. The van der Waals surface area contributed by atoms with E-state index in [4.69, 9.17) is 11.6 Å². The number of anilines is 1. The van der Waals surface area contributed by atoms with Gasteiger partial charge in [0, 0.05) is 12.4 Å². The standard InChI is InChI=1S/C10H9ClFN3/c11-7-2-1-3-8(10(7)12)15-6-9-13-4-5-14-9/h1-5,15H,6H2,(H,13,14). The molecule has 2 N–H and O–H groups in total. The lowest BCUT2D eigenvalue weighted by Gasteiger charge is -2.06. The van der Waals surface area contributed by atoms with E-state index in [1.807, 2.05) is 0 Å². The summed E-state index contributed by atoms with van der Waals surface area (Å²) in [5.74, 6) is 0.306. The lowest BCUT2D eigenvalue weighted by atomic mass is 10.3. The third-order valence-electron chi connectivity index (χ3n) is 1.95. The quantitative estimate of drug-likeness (QED) is 0.843. The molecular formula is C10H9ClFN3. The Morgan fingerprint density at radius 1 is 1.47 bits per heavy atom. The van der Waals surface area contributed by atoms with Crippen LogP contribution >= 0.6 is 11.6 Å². The number of nitrogens with one attached hydrogen (secondary N) is 2. The predicted octanol–water partition coefficient (Wildman–Crippen LogP) is 2.81. The molecule has 0 bridgehead atoms. The summed E-state index contributed by atoms with van der Waals surface area (Å²) in [7, 11) is 0. The van der Waals surface area contributed by atoms with Crippen molar-refractivity contribution in [2.75, 3.05) is 5.32 Å². The molecule has 1 heterocycles. The van der Waals surface area contributed by atoms with Gasteiger partial charge >= 0.3 is 0 Å². The fourth-order valence-electron chi connectivity index (χ4n) is 1.21. The van der Waals surface area contributed by atoms with Crippen molar-refractivity contribution in [1.29, 1.82) is 0 Å². The van der Waals surface area contributed by atoms with Crippen LogP contribution in [0.1, 0.15) is 5.82 Å². The highest BCUT2D eigenvalue weighted by Gasteiger charge is 2.05. The predicted molar refractivity (Wildman–Crippen MR) is 57.3 cm³/mol. The molecule has 0 amide bonds. The summed E-state index contributed by atoms with van der Waals surface area (Å²) in [6, 6.07) is 4.83. The van der Waals surface area contributed by atoms with Gasteiger partial charge in [-0.25, -0.2) is 9.37 Å². The van der Waals surface area contributed by atoms with E-state index >= 15 is 0 Å². The number of aromatic nitrogens is 2. The lowest BCUT2D eigenvalue weighted by molar-refractivity contribution is 0.630. The SMILES string of the molecule is Fc1c(Cl)cccc1NCc1ncc[nH]1. The molecule has 2 rings (SSSR count). The molecule has 0 aliphatic heterocycles. The van der Waals surface area contributed by atoms with Crippen LogP contribution in [0.2, 0.25) is 5.02 Å². The van der Waals surface area contributed by atoms with Gasteiger partial charge in [-0.2, -0.15) is 0 Å². The van der Waals surface area contributed by atoms with Gasteiger partial charge in [0.25, 0.3) is 0 Å². The van der Waals surface area contributed by atoms with Gasteiger partial charge in [-0.15, -0.1) is 0 Å². The van der Waals surface area contributed by atoms with Crippen molar-refractivity contribution in [3.8, 4) is 0 Å². The molecule has 0 fully saturated rings. The third kappa shape index (κ3) is 2.27. The fraction of sp³-hybridized carbons (Fsp3) is 0.100. The lowest BCUT2D eigenvalue weighted by Crippen LogP contribution is -2.02. The monoisotopic (exact) mass is 225 g/mol. The number of rotatable bonds is 3. The molecule has 0 atom stereocenters. The third-order valence-corrected chi connectivity index (χ3v) is 2.24. The van der Waals surface area contributed by atoms with Crippen LogP contribution in [0.15, 0.2) is 30.6 Å². The Morgan fingerprint density at radius 2 is 2.33 bits per heavy atom. The summed E-state index contributed by atoms with van der Waals surface area (Å²) in [6.45, 7) is 0.435. The normalized spacial score (nSPS) is 10.3. The number of nitrogens with zero attached hydrogens (tertiary/aromatic N) is 1. The molecule has 1 aromatic carbocycles. The second kappa shape index (κ2) is 4.31. The van der Waals surface area contributed by atoms with Crippen molar-refractivity contribution >= 4 is 17.3 Å². The Kier molecular flexibility index (Phi) is 2.87. The van der Waals surface area contributed by atoms with Gasteiger partial charge in [-0.1, -0.05) is 17.7 Å². The summed E-state index contributed by atoms with van der Waals surface area (Å²) in [6.07, 6.45) is 3.36. The molecule has 5 heteroatoms. The summed E-state index contributed by atoms with van der Waals surface area (Å²) < 4.78 is 13.4. The maximum absolute atomic E-state index is 13.4. The molecule has 2 aromatic rings. The summed E-state index contributed by atoms with van der Waals surface area (Å²) >= 11 is 5.64. The Hall–Kier alpha value is -1.55. The van der Waals surface area contributed by atoms with Crippen molar-refractivity contribution in [2.24, 2.45) is 0 Å². The van der Waals surface area contributed by atoms with Crippen LogP contribution in [0.4, 0.5) is 10.1 Å². The highest BCUT2D eigenvalue weighted by atomic mass is 35.5. The number of aromatic amines is 1. The minimum Gasteiger partial charge on any atom is -0.375 e. The van der Waals surface area contributed by atoms with Crippen LogP contribution in [0, 0.1) is 5.82 Å². The molecule has 0 aliphatic rings. The first kappa shape index (κ1) is 9.98. The topological polar surface area (TPSA) is 40.7 Å². The number of halogens is 2. The van der Waals surface area contributed by atoms with Crippen LogP contribution in [0.25, 0.3) is 0 Å². The summed E-state index contributed by atoms with van der Waals surface area (Å²) in [4.78, 5) is 6.92. The first-order chi connectivity index (χ1) is 7.27. The van der Waals surface area contributed by atoms with Crippen molar-refractivity contribution in [2.45, 2.75) is 6.54 Å². The Labute approximate surface area is 91.3 Å². The minimum absolute atomic E-state index is 0.111. The zero-order valence-electron chi connectivity index (χ0n) is 7.80. The summed E-state index contributed by atoms with van der Waals surface area (Å²) in [5, 5.41) is 3.01. The van der Waals surface area contributed by atoms with Crippen LogP contribution in [0.5, 0.6) is 0 Å². The van der Waals surface area contributed by atoms with Gasteiger partial charge < -0.3 is 10.3 Å². The molecule has 0 saturated heterocycles. The highest BCUT2D eigenvalue weighted by molar-refractivity contribution is 6.31. The first-order valence-corrected chi connectivity index (χ1v) is 4.81. The summed E-state index contributed by atoms with van der Waals surface area (Å²) in [5.41, 5.74) is 0.374. The highest BCUT2D eigenvalue weighted by Crippen LogP contribution is 2.22. The molecular weight excluding hydrogens is 217 g/mol. The van der Waals surface area contributed by atoms with Crippen LogP contribution < -0.4 is 5.32 Å². The van der Waals surface area contributed by atoms with Gasteiger partial charge in [0.1, 0.15) is 5.82 Å². The number of imidazole rings is 1. The van der Waals surface area contributed by atoms with Gasteiger partial charge in [-0.05, 0) is 12.1 Å². The number of hydrogen-bond acceptors (Lipinski definition) is 2. The number of hydrogen-bond donors (Lipinski definition) is 2. The Morgan fingerprint density at radius 3 is 3.07 bits per heavy atom. The number of H-pyrrole nitrogens is 1. The van der Waals surface area contributed by atoms with E-state index in [1.165, 1.54) is 6.07 Å². The molecule has 0 aliphatic carbocycles. The zero-order chi connectivity index (χ0) is 10.7. The number of benzene rings is 1. The molecule has 3 nitrogen and oxygen atoms in total. The maximum Gasteiger partial charge on any atom is 0.164 e. The van der Waals surface area contributed by atoms with E-state index in [-0.39, 0.29) is 5.02 Å². The molecule has 0 unspecified atom stereocenters. The van der Waals surface area contributed by atoms with Crippen LogP contribution in [-0.4, -0.2) is 9.97 Å². The van der Waals surface area contributed by atoms with Crippen molar-refractivity contribution in [3.05, 3.63) is 47.3 Å². The van der Waals surface area contributed by atoms with Crippen LogP contribution in [0.3, 0.4) is 0 Å². The molecule has 0 saturated carbocycles. The van der Waals surface area contributed by atoms with Gasteiger partial charge in [0.2, 0.25) is 0 Å².